The van der Waals surface area contributed by atoms with Crippen molar-refractivity contribution in [1.29, 1.82) is 0 Å². The van der Waals surface area contributed by atoms with E-state index in [4.69, 9.17) is 9.47 Å². The molecule has 1 amide bonds. The number of carbonyl (C=O) groups excluding carboxylic acids is 1. The molecule has 138 valence electrons. The maximum atomic E-state index is 13.2. The summed E-state index contributed by atoms with van der Waals surface area (Å²) in [5.74, 6) is 0.620. The molecule has 0 saturated heterocycles. The van der Waals surface area contributed by atoms with Gasteiger partial charge in [0.05, 0.1) is 25.5 Å². The molecule has 1 N–H and O–H groups in total. The predicted molar refractivity (Wildman–Crippen MR) is 102 cm³/mol. The average molecular weight is 363 g/mol. The molecule has 1 atom stereocenters. The Morgan fingerprint density at radius 1 is 1.07 bits per heavy atom. The maximum absolute atomic E-state index is 13.2. The summed E-state index contributed by atoms with van der Waals surface area (Å²) in [4.78, 5) is 15.0. The summed E-state index contributed by atoms with van der Waals surface area (Å²) >= 11 is 0. The highest BCUT2D eigenvalue weighted by molar-refractivity contribution is 6.10. The van der Waals surface area contributed by atoms with Crippen LogP contribution in [0.25, 0.3) is 0 Å². The number of ether oxygens (including phenoxy) is 2. The van der Waals surface area contributed by atoms with Crippen LogP contribution in [0.5, 0.6) is 5.75 Å². The second-order valence-electron chi connectivity index (χ2n) is 6.58. The van der Waals surface area contributed by atoms with Crippen molar-refractivity contribution in [2.75, 3.05) is 19.1 Å². The number of carbonyl (C=O) groups is 1. The van der Waals surface area contributed by atoms with E-state index in [2.05, 4.69) is 34.5 Å². The zero-order valence-electron chi connectivity index (χ0n) is 15.5. The lowest BCUT2D eigenvalue weighted by molar-refractivity contribution is 0.0988. The smallest absolute Gasteiger partial charge is 0.280 e. The van der Waals surface area contributed by atoms with Crippen molar-refractivity contribution in [2.45, 2.75) is 19.6 Å². The summed E-state index contributed by atoms with van der Waals surface area (Å²) in [5.41, 5.74) is 5.14. The van der Waals surface area contributed by atoms with Crippen molar-refractivity contribution in [1.82, 2.24) is 10.2 Å². The summed E-state index contributed by atoms with van der Waals surface area (Å²) in [5, 5.41) is 7.24. The molecule has 0 fully saturated rings. The monoisotopic (exact) mass is 363 g/mol. The Balaban J connectivity index is 1.86. The number of aryl methyl sites for hydroxylation is 1. The van der Waals surface area contributed by atoms with Crippen LogP contribution in [0.3, 0.4) is 0 Å². The molecule has 0 aliphatic carbocycles. The Morgan fingerprint density at radius 3 is 2.41 bits per heavy atom. The standard InChI is InChI=1S/C21H21N3O3/c1-13-4-6-14(7-5-13)20-18-17(12-26-2)22-23-19(18)21(25)24(20)15-8-10-16(27-3)11-9-15/h4-11,20H,12H2,1-3H3,(H,22,23). The molecular weight excluding hydrogens is 342 g/mol. The molecule has 2 heterocycles. The van der Waals surface area contributed by atoms with Crippen molar-refractivity contribution in [2.24, 2.45) is 0 Å². The first kappa shape index (κ1) is 17.3. The van der Waals surface area contributed by atoms with Gasteiger partial charge < -0.3 is 9.47 Å². The van der Waals surface area contributed by atoms with Gasteiger partial charge in [-0.25, -0.2) is 0 Å². The second-order valence-corrected chi connectivity index (χ2v) is 6.58. The van der Waals surface area contributed by atoms with Crippen molar-refractivity contribution in [3.63, 3.8) is 0 Å². The Bertz CT molecular complexity index is 961. The fourth-order valence-electron chi connectivity index (χ4n) is 3.53. The van der Waals surface area contributed by atoms with Crippen LogP contribution in [-0.2, 0) is 11.3 Å². The van der Waals surface area contributed by atoms with Crippen LogP contribution in [-0.4, -0.2) is 30.3 Å². The van der Waals surface area contributed by atoms with Gasteiger partial charge in [-0.1, -0.05) is 29.8 Å². The molecule has 27 heavy (non-hydrogen) atoms. The predicted octanol–water partition coefficient (Wildman–Crippen LogP) is 3.62. The first-order valence-electron chi connectivity index (χ1n) is 8.74. The zero-order valence-corrected chi connectivity index (χ0v) is 15.5. The normalized spacial score (nSPS) is 15.9. The van der Waals surface area contributed by atoms with Crippen molar-refractivity contribution in [3.05, 3.63) is 76.6 Å². The number of H-pyrrole nitrogens is 1. The topological polar surface area (TPSA) is 67.4 Å². The summed E-state index contributed by atoms with van der Waals surface area (Å²) in [7, 11) is 3.25. The number of rotatable bonds is 5. The van der Waals surface area contributed by atoms with Gasteiger partial charge in [0.25, 0.3) is 5.91 Å². The number of nitrogens with one attached hydrogen (secondary N) is 1. The lowest BCUT2D eigenvalue weighted by Crippen LogP contribution is -2.29. The molecule has 0 spiro atoms. The number of aromatic amines is 1. The van der Waals surface area contributed by atoms with E-state index < -0.39 is 0 Å². The number of fused-ring (bicyclic) bond motifs is 1. The molecule has 1 aliphatic rings. The molecule has 4 rings (SSSR count). The number of hydrogen-bond donors (Lipinski definition) is 1. The molecule has 6 nitrogen and oxygen atoms in total. The van der Waals surface area contributed by atoms with Gasteiger partial charge in [0.2, 0.25) is 0 Å². The number of methoxy groups -OCH3 is 2. The van der Waals surface area contributed by atoms with Crippen LogP contribution in [0.4, 0.5) is 5.69 Å². The van der Waals surface area contributed by atoms with Gasteiger partial charge in [0, 0.05) is 18.4 Å². The third-order valence-electron chi connectivity index (χ3n) is 4.87. The number of anilines is 1. The fraction of sp³-hybridized carbons (Fsp3) is 0.238. The molecule has 2 aromatic carbocycles. The van der Waals surface area contributed by atoms with Crippen LogP contribution in [0.15, 0.2) is 48.5 Å². The summed E-state index contributed by atoms with van der Waals surface area (Å²) < 4.78 is 10.5. The van der Waals surface area contributed by atoms with Crippen LogP contribution < -0.4 is 9.64 Å². The first-order valence-corrected chi connectivity index (χ1v) is 8.74. The minimum Gasteiger partial charge on any atom is -0.497 e. The third kappa shape index (κ3) is 2.88. The number of amides is 1. The largest absolute Gasteiger partial charge is 0.497 e. The first-order chi connectivity index (χ1) is 13.1. The molecular formula is C21H21N3O3. The third-order valence-corrected chi connectivity index (χ3v) is 4.87. The lowest BCUT2D eigenvalue weighted by Gasteiger charge is -2.26. The average Bonchev–Trinajstić information content (AvgIpc) is 3.22. The zero-order chi connectivity index (χ0) is 19.0. The van der Waals surface area contributed by atoms with Crippen LogP contribution >= 0.6 is 0 Å². The van der Waals surface area contributed by atoms with Crippen molar-refractivity contribution >= 4 is 11.6 Å². The highest BCUT2D eigenvalue weighted by Crippen LogP contribution is 2.42. The minimum absolute atomic E-state index is 0.126. The van der Waals surface area contributed by atoms with E-state index in [0.717, 1.165) is 28.3 Å². The van der Waals surface area contributed by atoms with Crippen LogP contribution in [0.2, 0.25) is 0 Å². The molecule has 3 aromatic rings. The van der Waals surface area contributed by atoms with Crippen molar-refractivity contribution < 1.29 is 14.3 Å². The van der Waals surface area contributed by atoms with E-state index in [1.54, 1.807) is 19.1 Å². The van der Waals surface area contributed by atoms with Crippen molar-refractivity contribution in [3.8, 4) is 5.75 Å². The van der Waals surface area contributed by atoms with E-state index in [9.17, 15) is 4.79 Å². The van der Waals surface area contributed by atoms with E-state index in [1.807, 2.05) is 31.2 Å². The molecule has 1 aromatic heterocycles. The summed E-state index contributed by atoms with van der Waals surface area (Å²) in [6.07, 6.45) is 0. The van der Waals surface area contributed by atoms with E-state index in [1.165, 1.54) is 5.56 Å². The molecule has 0 saturated carbocycles. The van der Waals surface area contributed by atoms with Gasteiger partial charge in [-0.15, -0.1) is 0 Å². The Morgan fingerprint density at radius 2 is 1.78 bits per heavy atom. The van der Waals surface area contributed by atoms with E-state index in [-0.39, 0.29) is 11.9 Å². The fourth-order valence-corrected chi connectivity index (χ4v) is 3.53. The highest BCUT2D eigenvalue weighted by Gasteiger charge is 2.43. The van der Waals surface area contributed by atoms with Gasteiger partial charge in [-0.3, -0.25) is 14.8 Å². The van der Waals surface area contributed by atoms with Gasteiger partial charge in [0.15, 0.2) is 5.69 Å². The maximum Gasteiger partial charge on any atom is 0.280 e. The van der Waals surface area contributed by atoms with Crippen LogP contribution in [0, 0.1) is 6.92 Å². The van der Waals surface area contributed by atoms with Gasteiger partial charge in [-0.2, -0.15) is 5.10 Å². The quantitative estimate of drug-likeness (QED) is 0.752. The minimum atomic E-state index is -0.259. The molecule has 0 bridgehead atoms. The summed E-state index contributed by atoms with van der Waals surface area (Å²) in [6.45, 7) is 2.42. The Hall–Kier alpha value is -3.12. The van der Waals surface area contributed by atoms with Gasteiger partial charge in [0.1, 0.15) is 5.75 Å². The number of aromatic nitrogens is 2. The molecule has 6 heteroatoms. The molecule has 0 radical (unpaired) electrons. The van der Waals surface area contributed by atoms with E-state index >= 15 is 0 Å². The van der Waals surface area contributed by atoms with Gasteiger partial charge >= 0.3 is 0 Å². The second kappa shape index (κ2) is 6.89. The number of hydrogen-bond acceptors (Lipinski definition) is 4. The summed E-state index contributed by atoms with van der Waals surface area (Å²) in [6, 6.07) is 15.5. The SMILES string of the molecule is COCc1[nH]nc2c1C(c1ccc(C)cc1)N(c1ccc(OC)cc1)C2=O. The van der Waals surface area contributed by atoms with E-state index in [0.29, 0.717) is 12.3 Å². The molecule has 1 aliphatic heterocycles. The highest BCUT2D eigenvalue weighted by atomic mass is 16.5. The van der Waals surface area contributed by atoms with Gasteiger partial charge in [-0.05, 0) is 36.8 Å². The van der Waals surface area contributed by atoms with Crippen LogP contribution in [0.1, 0.15) is 38.9 Å². The Kier molecular flexibility index (Phi) is 4.41. The number of benzene rings is 2. The molecule has 1 unspecified atom stereocenters. The Labute approximate surface area is 157 Å². The number of nitrogens with zero attached hydrogens (tertiary/aromatic N) is 2. The lowest BCUT2D eigenvalue weighted by atomic mass is 9.97.